The number of fused-ring (bicyclic) bond motifs is 2. The van der Waals surface area contributed by atoms with Crippen molar-refractivity contribution < 1.29 is 42.9 Å². The van der Waals surface area contributed by atoms with E-state index in [1.165, 1.54) is 7.11 Å². The quantitative estimate of drug-likeness (QED) is 0.230. The first-order valence-electron chi connectivity index (χ1n) is 19.3. The predicted molar refractivity (Wildman–Crippen MR) is 198 cm³/mol. The minimum Gasteiger partial charge on any atom is -0.469 e. The molecular formula is C40H62N4O9. The number of nitrogens with zero attached hydrogens (tertiary/aromatic N) is 3. The summed E-state index contributed by atoms with van der Waals surface area (Å²) in [6.45, 7) is 10.2. The maximum Gasteiger partial charge on any atom is 0.411 e. The minimum absolute atomic E-state index is 0.00982. The summed E-state index contributed by atoms with van der Waals surface area (Å²) in [7, 11) is 6.14. The van der Waals surface area contributed by atoms with Crippen molar-refractivity contribution in [3.05, 3.63) is 35.9 Å². The van der Waals surface area contributed by atoms with Crippen LogP contribution in [0, 0.1) is 23.7 Å². The highest BCUT2D eigenvalue weighted by Gasteiger charge is 2.53. The standard InChI is InChI=1S/C40H62N4O9/c1-10-25(4)34(31(50-7)22-32(45)43-20-14-17-30(43)36(51-8)26(5)39(48)52-9)42(6)38(47)33(24(2)3)41-37(46)35-28-18-19-29(21-28)44(35)40(49)53-23-27-15-12-11-13-16-27/h11-13,15-16,24-26,28-31,33-36H,10,14,17-23H2,1-9H3,(H,41,46)/t25-,26+,28-,29+,30-,31+,33-,34-,35-,36+/m0/s1. The van der Waals surface area contributed by atoms with Crippen LogP contribution in [0.15, 0.2) is 30.3 Å². The first-order valence-corrected chi connectivity index (χ1v) is 19.3. The molecule has 2 heterocycles. The van der Waals surface area contributed by atoms with Gasteiger partial charge in [-0.2, -0.15) is 0 Å². The molecule has 1 aromatic rings. The van der Waals surface area contributed by atoms with Crippen LogP contribution in [0.2, 0.25) is 0 Å². The molecule has 296 valence electrons. The summed E-state index contributed by atoms with van der Waals surface area (Å²) in [5.74, 6) is -2.08. The Labute approximate surface area is 315 Å². The highest BCUT2D eigenvalue weighted by Crippen LogP contribution is 2.43. The molecule has 0 radical (unpaired) electrons. The highest BCUT2D eigenvalue weighted by atomic mass is 16.6. The van der Waals surface area contributed by atoms with Crippen LogP contribution in [-0.4, -0.2) is 122 Å². The summed E-state index contributed by atoms with van der Waals surface area (Å²) in [5, 5.41) is 3.04. The third-order valence-corrected chi connectivity index (χ3v) is 11.9. The van der Waals surface area contributed by atoms with Crippen molar-refractivity contribution in [3.63, 3.8) is 0 Å². The minimum atomic E-state index is -0.876. The maximum atomic E-state index is 14.4. The fourth-order valence-electron chi connectivity index (χ4n) is 8.83. The third kappa shape index (κ3) is 9.51. The van der Waals surface area contributed by atoms with E-state index >= 15 is 0 Å². The number of hydrogen-bond acceptors (Lipinski definition) is 9. The van der Waals surface area contributed by atoms with Crippen LogP contribution < -0.4 is 5.32 Å². The number of likely N-dealkylation sites (N-methyl/N-ethyl adjacent to an activating group) is 1. The van der Waals surface area contributed by atoms with Crippen molar-refractivity contribution in [2.75, 3.05) is 34.9 Å². The number of likely N-dealkylation sites (tertiary alicyclic amines) is 2. The number of methoxy groups -OCH3 is 3. The number of ether oxygens (including phenoxy) is 4. The number of amides is 4. The fourth-order valence-corrected chi connectivity index (χ4v) is 8.83. The Hall–Kier alpha value is -3.71. The van der Waals surface area contributed by atoms with Gasteiger partial charge in [-0.25, -0.2) is 4.79 Å². The van der Waals surface area contributed by atoms with Crippen LogP contribution in [0.3, 0.4) is 0 Å². The zero-order valence-electron chi connectivity index (χ0n) is 33.1. The number of carbonyl (C=O) groups excluding carboxylic acids is 5. The summed E-state index contributed by atoms with van der Waals surface area (Å²) < 4.78 is 22.4. The second-order valence-corrected chi connectivity index (χ2v) is 15.5. The molecule has 0 spiro atoms. The summed E-state index contributed by atoms with van der Waals surface area (Å²) in [4.78, 5) is 73.3. The lowest BCUT2D eigenvalue weighted by molar-refractivity contribution is -0.154. The Bertz CT molecular complexity index is 1410. The van der Waals surface area contributed by atoms with Crippen LogP contribution in [0.4, 0.5) is 4.79 Å². The number of benzene rings is 1. The van der Waals surface area contributed by atoms with E-state index in [1.54, 1.807) is 42.9 Å². The van der Waals surface area contributed by atoms with E-state index in [1.807, 2.05) is 58.0 Å². The van der Waals surface area contributed by atoms with Gasteiger partial charge in [-0.1, -0.05) is 64.4 Å². The fraction of sp³-hybridized carbons (Fsp3) is 0.725. The first-order chi connectivity index (χ1) is 25.3. The van der Waals surface area contributed by atoms with Gasteiger partial charge in [-0.15, -0.1) is 0 Å². The van der Waals surface area contributed by atoms with Crippen LogP contribution in [0.5, 0.6) is 0 Å². The lowest BCUT2D eigenvalue weighted by atomic mass is 9.89. The Balaban J connectivity index is 1.49. The largest absolute Gasteiger partial charge is 0.469 e. The molecule has 13 heteroatoms. The van der Waals surface area contributed by atoms with Gasteiger partial charge in [-0.3, -0.25) is 24.1 Å². The van der Waals surface area contributed by atoms with Crippen LogP contribution in [0.25, 0.3) is 0 Å². The molecule has 0 unspecified atom stereocenters. The summed E-state index contributed by atoms with van der Waals surface area (Å²) in [6.07, 6.45) is 2.87. The Morgan fingerprint density at radius 1 is 0.962 bits per heavy atom. The van der Waals surface area contributed by atoms with E-state index in [0.29, 0.717) is 13.0 Å². The second kappa shape index (κ2) is 19.1. The van der Waals surface area contributed by atoms with Crippen molar-refractivity contribution in [2.45, 2.75) is 129 Å². The molecule has 2 saturated heterocycles. The normalized spacial score (nSPS) is 24.3. The van der Waals surface area contributed by atoms with Gasteiger partial charge in [0.25, 0.3) is 0 Å². The molecule has 10 atom stereocenters. The van der Waals surface area contributed by atoms with E-state index in [9.17, 15) is 24.0 Å². The van der Waals surface area contributed by atoms with Gasteiger partial charge in [0.2, 0.25) is 17.7 Å². The molecule has 1 N–H and O–H groups in total. The molecule has 1 aliphatic carbocycles. The van der Waals surface area contributed by atoms with Crippen LogP contribution in [-0.2, 0) is 44.7 Å². The van der Waals surface area contributed by atoms with Gasteiger partial charge in [0, 0.05) is 33.9 Å². The Morgan fingerprint density at radius 3 is 2.26 bits per heavy atom. The average Bonchev–Trinajstić information content (AvgIpc) is 3.93. The van der Waals surface area contributed by atoms with Crippen molar-refractivity contribution in [3.8, 4) is 0 Å². The van der Waals surface area contributed by atoms with Gasteiger partial charge in [0.15, 0.2) is 0 Å². The number of esters is 1. The number of carbonyl (C=O) groups is 5. The zero-order valence-corrected chi connectivity index (χ0v) is 33.1. The number of nitrogens with one attached hydrogen (secondary N) is 1. The van der Waals surface area contributed by atoms with E-state index in [0.717, 1.165) is 37.7 Å². The topological polar surface area (TPSA) is 144 Å². The van der Waals surface area contributed by atoms with Gasteiger partial charge in [-0.05, 0) is 62.3 Å². The van der Waals surface area contributed by atoms with Gasteiger partial charge < -0.3 is 34.1 Å². The maximum absolute atomic E-state index is 14.4. The first kappa shape index (κ1) is 42.0. The van der Waals surface area contributed by atoms with E-state index in [2.05, 4.69) is 5.32 Å². The van der Waals surface area contributed by atoms with Crippen molar-refractivity contribution in [1.82, 2.24) is 20.0 Å². The molecule has 1 saturated carbocycles. The van der Waals surface area contributed by atoms with Crippen LogP contribution in [0.1, 0.15) is 85.1 Å². The monoisotopic (exact) mass is 742 g/mol. The van der Waals surface area contributed by atoms with E-state index < -0.39 is 48.3 Å². The smallest absolute Gasteiger partial charge is 0.411 e. The molecule has 1 aromatic carbocycles. The molecule has 2 aliphatic heterocycles. The third-order valence-electron chi connectivity index (χ3n) is 11.9. The highest BCUT2D eigenvalue weighted by molar-refractivity contribution is 5.92. The number of rotatable bonds is 17. The number of hydrogen-bond donors (Lipinski definition) is 1. The Kier molecular flexibility index (Phi) is 15.1. The lowest BCUT2D eigenvalue weighted by Crippen LogP contribution is -2.60. The summed E-state index contributed by atoms with van der Waals surface area (Å²) in [5.41, 5.74) is 0.860. The summed E-state index contributed by atoms with van der Waals surface area (Å²) in [6, 6.07) is 6.95. The predicted octanol–water partition coefficient (Wildman–Crippen LogP) is 4.41. The van der Waals surface area contributed by atoms with Crippen molar-refractivity contribution in [1.29, 1.82) is 0 Å². The molecule has 53 heavy (non-hydrogen) atoms. The van der Waals surface area contributed by atoms with E-state index in [-0.39, 0.29) is 60.6 Å². The lowest BCUT2D eigenvalue weighted by Gasteiger charge is -2.41. The van der Waals surface area contributed by atoms with Gasteiger partial charge in [0.05, 0.1) is 43.7 Å². The molecule has 4 amide bonds. The molecule has 3 aliphatic rings. The van der Waals surface area contributed by atoms with Crippen LogP contribution >= 0.6 is 0 Å². The van der Waals surface area contributed by atoms with E-state index in [4.69, 9.17) is 18.9 Å². The molecular weight excluding hydrogens is 680 g/mol. The van der Waals surface area contributed by atoms with Crippen molar-refractivity contribution in [2.24, 2.45) is 23.7 Å². The zero-order chi connectivity index (χ0) is 39.0. The van der Waals surface area contributed by atoms with Crippen molar-refractivity contribution >= 4 is 29.8 Å². The second-order valence-electron chi connectivity index (χ2n) is 15.5. The molecule has 3 fully saturated rings. The average molecular weight is 743 g/mol. The SMILES string of the molecule is CC[C@H](C)[C@@H]([C@@H](CC(=O)N1CCC[C@H]1[C@H](OC)[C@@H](C)C(=O)OC)OC)N(C)C(=O)[C@@H](NC(=O)[C@@H]1[C@H]2CC[C@H](C2)N1C(=O)OCc1ccccc1)C(C)C. The molecule has 2 bridgehead atoms. The Morgan fingerprint density at radius 2 is 1.66 bits per heavy atom. The van der Waals surface area contributed by atoms with Gasteiger partial charge in [0.1, 0.15) is 18.7 Å². The summed E-state index contributed by atoms with van der Waals surface area (Å²) >= 11 is 0. The molecule has 0 aromatic heterocycles. The molecule has 4 rings (SSSR count). The van der Waals surface area contributed by atoms with Gasteiger partial charge >= 0.3 is 12.1 Å². The molecule has 13 nitrogen and oxygen atoms in total. The number of piperidine rings is 1.